The maximum absolute atomic E-state index is 12.1. The standard InChI is InChI=1S/C18H18ClNO4/c1-12(17(21)20-15-8-6-7-14(19)11-15)24-18(22)13(2)23-16-9-4-3-5-10-16/h3-13H,1-2H3,(H,20,21)/t12-,13-/m0/s1. The van der Waals surface area contributed by atoms with Gasteiger partial charge in [-0.05, 0) is 44.2 Å². The van der Waals surface area contributed by atoms with Crippen molar-refractivity contribution in [3.8, 4) is 5.75 Å². The van der Waals surface area contributed by atoms with Crippen molar-refractivity contribution < 1.29 is 19.1 Å². The Hall–Kier alpha value is -2.53. The van der Waals surface area contributed by atoms with Crippen LogP contribution in [0.2, 0.25) is 5.02 Å². The summed E-state index contributed by atoms with van der Waals surface area (Å²) in [5.74, 6) is -0.511. The molecule has 0 fully saturated rings. The minimum Gasteiger partial charge on any atom is -0.479 e. The summed E-state index contributed by atoms with van der Waals surface area (Å²) in [7, 11) is 0. The molecule has 0 saturated heterocycles. The van der Waals surface area contributed by atoms with E-state index in [0.717, 1.165) is 0 Å². The number of hydrogen-bond acceptors (Lipinski definition) is 4. The zero-order valence-electron chi connectivity index (χ0n) is 13.4. The third kappa shape index (κ3) is 5.28. The second-order valence-electron chi connectivity index (χ2n) is 5.15. The molecule has 126 valence electrons. The number of para-hydroxylation sites is 1. The fourth-order valence-electron chi connectivity index (χ4n) is 1.88. The first-order valence-corrected chi connectivity index (χ1v) is 7.82. The minimum atomic E-state index is -0.960. The van der Waals surface area contributed by atoms with Crippen molar-refractivity contribution in [1.82, 2.24) is 0 Å². The zero-order chi connectivity index (χ0) is 17.5. The molecule has 0 aromatic heterocycles. The summed E-state index contributed by atoms with van der Waals surface area (Å²) < 4.78 is 10.6. The molecule has 1 N–H and O–H groups in total. The largest absolute Gasteiger partial charge is 0.479 e. The van der Waals surface area contributed by atoms with E-state index in [4.69, 9.17) is 21.1 Å². The van der Waals surface area contributed by atoms with Gasteiger partial charge < -0.3 is 14.8 Å². The molecule has 0 spiro atoms. The normalized spacial score (nSPS) is 12.8. The average molecular weight is 348 g/mol. The molecule has 6 heteroatoms. The number of benzene rings is 2. The number of nitrogens with one attached hydrogen (secondary N) is 1. The summed E-state index contributed by atoms with van der Waals surface area (Å²) in [6.45, 7) is 3.06. The van der Waals surface area contributed by atoms with Crippen LogP contribution in [0.25, 0.3) is 0 Å². The molecule has 0 bridgehead atoms. The smallest absolute Gasteiger partial charge is 0.347 e. The molecule has 0 unspecified atom stereocenters. The molecule has 2 rings (SSSR count). The second-order valence-corrected chi connectivity index (χ2v) is 5.59. The third-order valence-electron chi connectivity index (χ3n) is 3.14. The van der Waals surface area contributed by atoms with Crippen molar-refractivity contribution in [3.05, 3.63) is 59.6 Å². The lowest BCUT2D eigenvalue weighted by atomic mass is 10.3. The predicted octanol–water partition coefficient (Wildman–Crippen LogP) is 3.68. The fourth-order valence-corrected chi connectivity index (χ4v) is 2.08. The maximum Gasteiger partial charge on any atom is 0.347 e. The predicted molar refractivity (Wildman–Crippen MR) is 92.2 cm³/mol. The van der Waals surface area contributed by atoms with Crippen molar-refractivity contribution >= 4 is 29.2 Å². The van der Waals surface area contributed by atoms with Gasteiger partial charge in [0.2, 0.25) is 0 Å². The van der Waals surface area contributed by atoms with Crippen LogP contribution in [-0.2, 0) is 14.3 Å². The summed E-state index contributed by atoms with van der Waals surface area (Å²) in [5.41, 5.74) is 0.531. The van der Waals surface area contributed by atoms with E-state index in [1.54, 1.807) is 55.5 Å². The average Bonchev–Trinajstić information content (AvgIpc) is 2.55. The van der Waals surface area contributed by atoms with Gasteiger partial charge in [0.1, 0.15) is 5.75 Å². The molecule has 1 amide bonds. The van der Waals surface area contributed by atoms with Crippen LogP contribution in [-0.4, -0.2) is 24.1 Å². The molecule has 2 atom stereocenters. The number of anilines is 1. The quantitative estimate of drug-likeness (QED) is 0.810. The first kappa shape index (κ1) is 17.8. The number of ether oxygens (including phenoxy) is 2. The Bertz CT molecular complexity index is 705. The summed E-state index contributed by atoms with van der Waals surface area (Å²) in [4.78, 5) is 24.1. The summed E-state index contributed by atoms with van der Waals surface area (Å²) >= 11 is 5.86. The van der Waals surface area contributed by atoms with E-state index in [2.05, 4.69) is 5.32 Å². The SMILES string of the molecule is C[C@H](OC(=O)[C@H](C)Oc1ccccc1)C(=O)Nc1cccc(Cl)c1. The molecule has 0 saturated carbocycles. The van der Waals surface area contributed by atoms with Crippen molar-refractivity contribution in [3.63, 3.8) is 0 Å². The van der Waals surface area contributed by atoms with E-state index in [0.29, 0.717) is 16.5 Å². The highest BCUT2D eigenvalue weighted by Crippen LogP contribution is 2.16. The topological polar surface area (TPSA) is 64.6 Å². The van der Waals surface area contributed by atoms with Crippen LogP contribution < -0.4 is 10.1 Å². The molecule has 5 nitrogen and oxygen atoms in total. The van der Waals surface area contributed by atoms with Gasteiger partial charge in [0, 0.05) is 10.7 Å². The van der Waals surface area contributed by atoms with Gasteiger partial charge in [-0.15, -0.1) is 0 Å². The molecule has 24 heavy (non-hydrogen) atoms. The summed E-state index contributed by atoms with van der Waals surface area (Å²) in [6, 6.07) is 15.6. The van der Waals surface area contributed by atoms with E-state index < -0.39 is 24.1 Å². The maximum atomic E-state index is 12.1. The van der Waals surface area contributed by atoms with E-state index in [-0.39, 0.29) is 0 Å². The lowest BCUT2D eigenvalue weighted by Gasteiger charge is -2.17. The van der Waals surface area contributed by atoms with Crippen LogP contribution in [0.15, 0.2) is 54.6 Å². The van der Waals surface area contributed by atoms with Crippen LogP contribution in [0.1, 0.15) is 13.8 Å². The Morgan fingerprint density at radius 1 is 1.00 bits per heavy atom. The molecule has 0 aliphatic rings. The van der Waals surface area contributed by atoms with Crippen molar-refractivity contribution in [2.24, 2.45) is 0 Å². The molecule has 0 radical (unpaired) electrons. The fraction of sp³-hybridized carbons (Fsp3) is 0.222. The zero-order valence-corrected chi connectivity index (χ0v) is 14.1. The van der Waals surface area contributed by atoms with Gasteiger partial charge >= 0.3 is 5.97 Å². The number of esters is 1. The van der Waals surface area contributed by atoms with Gasteiger partial charge in [0.25, 0.3) is 5.91 Å². The third-order valence-corrected chi connectivity index (χ3v) is 3.38. The number of rotatable bonds is 6. The molecule has 0 aliphatic heterocycles. The molecule has 2 aromatic rings. The van der Waals surface area contributed by atoms with Gasteiger partial charge in [-0.1, -0.05) is 35.9 Å². The van der Waals surface area contributed by atoms with Gasteiger partial charge in [-0.2, -0.15) is 0 Å². The number of amides is 1. The van der Waals surface area contributed by atoms with E-state index in [1.807, 2.05) is 6.07 Å². The Kier molecular flexibility index (Phi) is 6.21. The Morgan fingerprint density at radius 3 is 2.38 bits per heavy atom. The lowest BCUT2D eigenvalue weighted by molar-refractivity contribution is -0.159. The highest BCUT2D eigenvalue weighted by atomic mass is 35.5. The highest BCUT2D eigenvalue weighted by molar-refractivity contribution is 6.30. The molecule has 2 aromatic carbocycles. The molecular formula is C18H18ClNO4. The Balaban J connectivity index is 1.87. The lowest BCUT2D eigenvalue weighted by Crippen LogP contribution is -2.35. The monoisotopic (exact) mass is 347 g/mol. The first-order chi connectivity index (χ1) is 11.5. The van der Waals surface area contributed by atoms with E-state index >= 15 is 0 Å². The molecule has 0 aliphatic carbocycles. The Labute approximate surface area is 145 Å². The van der Waals surface area contributed by atoms with Gasteiger partial charge in [0.05, 0.1) is 0 Å². The van der Waals surface area contributed by atoms with Crippen LogP contribution in [0.4, 0.5) is 5.69 Å². The summed E-state index contributed by atoms with van der Waals surface area (Å²) in [6.07, 6.45) is -1.79. The van der Waals surface area contributed by atoms with Crippen LogP contribution in [0.5, 0.6) is 5.75 Å². The minimum absolute atomic E-state index is 0.447. The van der Waals surface area contributed by atoms with E-state index in [9.17, 15) is 9.59 Å². The van der Waals surface area contributed by atoms with Gasteiger partial charge in [0.15, 0.2) is 12.2 Å². The van der Waals surface area contributed by atoms with Crippen molar-refractivity contribution in [2.75, 3.05) is 5.32 Å². The number of hydrogen-bond donors (Lipinski definition) is 1. The molecule has 0 heterocycles. The Morgan fingerprint density at radius 2 is 1.71 bits per heavy atom. The van der Waals surface area contributed by atoms with Crippen molar-refractivity contribution in [2.45, 2.75) is 26.1 Å². The number of carbonyl (C=O) groups excluding carboxylic acids is 2. The van der Waals surface area contributed by atoms with Crippen LogP contribution in [0.3, 0.4) is 0 Å². The molecular weight excluding hydrogens is 330 g/mol. The van der Waals surface area contributed by atoms with Gasteiger partial charge in [-0.3, -0.25) is 4.79 Å². The first-order valence-electron chi connectivity index (χ1n) is 7.44. The van der Waals surface area contributed by atoms with Crippen molar-refractivity contribution in [1.29, 1.82) is 0 Å². The summed E-state index contributed by atoms with van der Waals surface area (Å²) in [5, 5.41) is 3.14. The second kappa shape index (κ2) is 8.36. The number of carbonyl (C=O) groups is 2. The van der Waals surface area contributed by atoms with Crippen LogP contribution >= 0.6 is 11.6 Å². The van der Waals surface area contributed by atoms with E-state index in [1.165, 1.54) is 6.92 Å². The highest BCUT2D eigenvalue weighted by Gasteiger charge is 2.23. The van der Waals surface area contributed by atoms with Gasteiger partial charge in [-0.25, -0.2) is 4.79 Å². The van der Waals surface area contributed by atoms with Crippen LogP contribution in [0, 0.1) is 0 Å². The number of halogens is 1.